The Kier molecular flexibility index (Phi) is 4.26. The fourth-order valence-corrected chi connectivity index (χ4v) is 3.27. The Morgan fingerprint density at radius 3 is 2.96 bits per heavy atom. The second-order valence-electron chi connectivity index (χ2n) is 4.75. The maximum atomic E-state index is 12.8. The lowest BCUT2D eigenvalue weighted by Gasteiger charge is -2.21. The molecule has 0 saturated carbocycles. The zero-order chi connectivity index (χ0) is 16.2. The Labute approximate surface area is 137 Å². The summed E-state index contributed by atoms with van der Waals surface area (Å²) in [5.41, 5.74) is 1.12. The number of carbonyl (C=O) groups is 2. The third-order valence-corrected chi connectivity index (χ3v) is 4.36. The first-order chi connectivity index (χ1) is 11.2. The van der Waals surface area contributed by atoms with Gasteiger partial charge in [-0.25, -0.2) is 4.98 Å². The number of hydrogen-bond donors (Lipinski definition) is 1. The Hall–Kier alpha value is -2.85. The van der Waals surface area contributed by atoms with E-state index in [1.54, 1.807) is 30.5 Å². The molecule has 1 aromatic heterocycles. The van der Waals surface area contributed by atoms with Crippen molar-refractivity contribution in [2.24, 2.45) is 0 Å². The van der Waals surface area contributed by atoms with Crippen molar-refractivity contribution < 1.29 is 9.59 Å². The molecule has 1 N–H and O–H groups in total. The van der Waals surface area contributed by atoms with E-state index < -0.39 is 0 Å². The summed E-state index contributed by atoms with van der Waals surface area (Å²) in [6.07, 6.45) is 1.65. The molecule has 0 saturated heterocycles. The Morgan fingerprint density at radius 2 is 2.13 bits per heavy atom. The molecule has 0 radical (unpaired) electrons. The van der Waals surface area contributed by atoms with Crippen molar-refractivity contribution in [2.75, 3.05) is 18.0 Å². The minimum absolute atomic E-state index is 0.0912. The summed E-state index contributed by atoms with van der Waals surface area (Å²) in [6, 6.07) is 12.6. The molecule has 3 rings (SSSR count). The Morgan fingerprint density at radius 1 is 1.30 bits per heavy atom. The van der Waals surface area contributed by atoms with Crippen LogP contribution >= 0.6 is 11.8 Å². The molecular weight excluding hydrogens is 312 g/mol. The van der Waals surface area contributed by atoms with Crippen molar-refractivity contribution in [1.29, 1.82) is 5.26 Å². The highest BCUT2D eigenvalue weighted by Gasteiger charge is 2.29. The van der Waals surface area contributed by atoms with Crippen LogP contribution in [0.3, 0.4) is 0 Å². The zero-order valence-electron chi connectivity index (χ0n) is 12.0. The number of rotatable bonds is 3. The Bertz CT molecular complexity index is 816. The molecule has 0 fully saturated rings. The molecule has 23 heavy (non-hydrogen) atoms. The predicted octanol–water partition coefficient (Wildman–Crippen LogP) is 1.83. The van der Waals surface area contributed by atoms with Gasteiger partial charge in [0.15, 0.2) is 0 Å². The predicted molar refractivity (Wildman–Crippen MR) is 85.1 cm³/mol. The van der Waals surface area contributed by atoms with Gasteiger partial charge in [-0.05, 0) is 24.3 Å². The highest BCUT2D eigenvalue weighted by molar-refractivity contribution is 7.99. The number of benzene rings is 1. The lowest BCUT2D eigenvalue weighted by molar-refractivity contribution is -0.119. The number of nitrogens with one attached hydrogen (secondary N) is 1. The van der Waals surface area contributed by atoms with Crippen molar-refractivity contribution >= 4 is 29.3 Å². The van der Waals surface area contributed by atoms with Crippen molar-refractivity contribution in [3.8, 4) is 6.07 Å². The number of hydrogen-bond acceptors (Lipinski definition) is 5. The monoisotopic (exact) mass is 324 g/mol. The number of nitriles is 1. The molecule has 0 spiro atoms. The molecule has 1 aliphatic rings. The first kappa shape index (κ1) is 15.1. The maximum Gasteiger partial charge on any atom is 0.259 e. The van der Waals surface area contributed by atoms with Crippen LogP contribution < -0.4 is 10.2 Å². The summed E-state index contributed by atoms with van der Waals surface area (Å²) >= 11 is 1.40. The van der Waals surface area contributed by atoms with Gasteiger partial charge in [0.1, 0.15) is 18.1 Å². The van der Waals surface area contributed by atoms with Crippen LogP contribution in [0.1, 0.15) is 10.4 Å². The fraction of sp³-hybridized carbons (Fsp3) is 0.125. The molecule has 1 aliphatic heterocycles. The molecule has 114 valence electrons. The standard InChI is InChI=1S/C16H12N4O2S/c17-7-9-18-14(21)10-20-12-5-3-8-19-15(12)23-13-6-2-1-4-11(13)16(20)22/h1-6,8H,9-10H2,(H,18,21). The zero-order valence-corrected chi connectivity index (χ0v) is 12.8. The van der Waals surface area contributed by atoms with Gasteiger partial charge in [0.25, 0.3) is 5.91 Å². The van der Waals surface area contributed by atoms with Crippen LogP contribution in [0.5, 0.6) is 0 Å². The molecule has 0 unspecified atom stereocenters. The highest BCUT2D eigenvalue weighted by atomic mass is 32.2. The first-order valence-electron chi connectivity index (χ1n) is 6.88. The van der Waals surface area contributed by atoms with E-state index in [0.717, 1.165) is 4.90 Å². The van der Waals surface area contributed by atoms with Crippen LogP contribution in [0.4, 0.5) is 5.69 Å². The summed E-state index contributed by atoms with van der Waals surface area (Å²) in [7, 11) is 0. The number of amides is 2. The van der Waals surface area contributed by atoms with E-state index in [1.807, 2.05) is 18.2 Å². The van der Waals surface area contributed by atoms with E-state index in [4.69, 9.17) is 5.26 Å². The van der Waals surface area contributed by atoms with Crippen LogP contribution in [-0.4, -0.2) is 29.9 Å². The molecule has 2 amide bonds. The second kappa shape index (κ2) is 6.50. The summed E-state index contributed by atoms with van der Waals surface area (Å²) in [6.45, 7) is -0.250. The van der Waals surface area contributed by atoms with Gasteiger partial charge in [-0.3, -0.25) is 14.5 Å². The quantitative estimate of drug-likeness (QED) is 0.871. The molecule has 2 aromatic rings. The molecular formula is C16H12N4O2S. The SMILES string of the molecule is N#CCNC(=O)CN1C(=O)c2ccccc2Sc2ncccc21. The topological polar surface area (TPSA) is 86.1 Å². The summed E-state index contributed by atoms with van der Waals surface area (Å²) < 4.78 is 0. The average molecular weight is 324 g/mol. The molecule has 0 aliphatic carbocycles. The lowest BCUT2D eigenvalue weighted by Crippen LogP contribution is -2.41. The number of fused-ring (bicyclic) bond motifs is 2. The smallest absolute Gasteiger partial charge is 0.259 e. The number of nitrogens with zero attached hydrogens (tertiary/aromatic N) is 3. The number of pyridine rings is 1. The van der Waals surface area contributed by atoms with Crippen molar-refractivity contribution in [3.63, 3.8) is 0 Å². The summed E-state index contributed by atoms with van der Waals surface area (Å²) in [5, 5.41) is 11.7. The molecule has 2 heterocycles. The van der Waals surface area contributed by atoms with Gasteiger partial charge < -0.3 is 5.32 Å². The van der Waals surface area contributed by atoms with Crippen molar-refractivity contribution in [3.05, 3.63) is 48.2 Å². The highest BCUT2D eigenvalue weighted by Crippen LogP contribution is 2.39. The summed E-state index contributed by atoms with van der Waals surface area (Å²) in [4.78, 5) is 31.3. The van der Waals surface area contributed by atoms with Gasteiger partial charge in [-0.1, -0.05) is 23.9 Å². The van der Waals surface area contributed by atoms with Crippen LogP contribution in [0.15, 0.2) is 52.5 Å². The van der Waals surface area contributed by atoms with E-state index in [-0.39, 0.29) is 24.9 Å². The molecule has 0 bridgehead atoms. The van der Waals surface area contributed by atoms with Crippen LogP contribution in [0, 0.1) is 11.3 Å². The number of aromatic nitrogens is 1. The largest absolute Gasteiger partial charge is 0.341 e. The normalized spacial score (nSPS) is 12.7. The van der Waals surface area contributed by atoms with Gasteiger partial charge in [0, 0.05) is 11.1 Å². The van der Waals surface area contributed by atoms with Crippen LogP contribution in [-0.2, 0) is 4.79 Å². The summed E-state index contributed by atoms with van der Waals surface area (Å²) in [5.74, 6) is -0.647. The van der Waals surface area contributed by atoms with Crippen LogP contribution in [0.2, 0.25) is 0 Å². The number of anilines is 1. The second-order valence-corrected chi connectivity index (χ2v) is 5.78. The first-order valence-corrected chi connectivity index (χ1v) is 7.70. The van der Waals surface area contributed by atoms with Gasteiger partial charge in [0.05, 0.1) is 17.3 Å². The van der Waals surface area contributed by atoms with Crippen molar-refractivity contribution in [2.45, 2.75) is 9.92 Å². The molecule has 6 nitrogen and oxygen atoms in total. The Balaban J connectivity index is 2.01. The lowest BCUT2D eigenvalue weighted by atomic mass is 10.2. The minimum Gasteiger partial charge on any atom is -0.341 e. The van der Waals surface area contributed by atoms with E-state index in [1.165, 1.54) is 16.7 Å². The third kappa shape index (κ3) is 3.03. The molecule has 1 aromatic carbocycles. The van der Waals surface area contributed by atoms with Gasteiger partial charge in [-0.2, -0.15) is 5.26 Å². The molecule has 0 atom stereocenters. The van der Waals surface area contributed by atoms with Gasteiger partial charge in [-0.15, -0.1) is 0 Å². The third-order valence-electron chi connectivity index (χ3n) is 3.28. The van der Waals surface area contributed by atoms with Gasteiger partial charge >= 0.3 is 0 Å². The number of carbonyl (C=O) groups excluding carboxylic acids is 2. The van der Waals surface area contributed by atoms with E-state index in [9.17, 15) is 9.59 Å². The van der Waals surface area contributed by atoms with E-state index >= 15 is 0 Å². The van der Waals surface area contributed by atoms with Gasteiger partial charge in [0.2, 0.25) is 5.91 Å². The van der Waals surface area contributed by atoms with Crippen molar-refractivity contribution in [1.82, 2.24) is 10.3 Å². The minimum atomic E-state index is -0.390. The average Bonchev–Trinajstić information content (AvgIpc) is 2.69. The molecule has 7 heteroatoms. The van der Waals surface area contributed by atoms with Crippen LogP contribution in [0.25, 0.3) is 0 Å². The van der Waals surface area contributed by atoms with E-state index in [0.29, 0.717) is 16.3 Å². The fourth-order valence-electron chi connectivity index (χ4n) is 2.25. The van der Waals surface area contributed by atoms with E-state index in [2.05, 4.69) is 10.3 Å². The maximum absolute atomic E-state index is 12.8.